The van der Waals surface area contributed by atoms with Crippen LogP contribution in [0.2, 0.25) is 0 Å². The van der Waals surface area contributed by atoms with E-state index in [1.807, 2.05) is 36.4 Å². The van der Waals surface area contributed by atoms with Crippen molar-refractivity contribution in [2.24, 2.45) is 0 Å². The Morgan fingerprint density at radius 3 is 2.76 bits per heavy atom. The summed E-state index contributed by atoms with van der Waals surface area (Å²) in [6.45, 7) is 6.41. The molecule has 33 heavy (non-hydrogen) atoms. The fourth-order valence-corrected chi connectivity index (χ4v) is 5.34. The number of hydrogen-bond acceptors (Lipinski definition) is 4. The Hall–Kier alpha value is -3.80. The van der Waals surface area contributed by atoms with Gasteiger partial charge in [0.2, 0.25) is 5.91 Å². The largest absolute Gasteiger partial charge is 0.489 e. The molecule has 0 saturated heterocycles. The minimum Gasteiger partial charge on any atom is -0.489 e. The van der Waals surface area contributed by atoms with E-state index < -0.39 is 0 Å². The smallest absolute Gasteiger partial charge is 0.259 e. The van der Waals surface area contributed by atoms with E-state index in [0.717, 1.165) is 44.7 Å². The second-order valence-electron chi connectivity index (χ2n) is 9.19. The van der Waals surface area contributed by atoms with Gasteiger partial charge in [0, 0.05) is 47.4 Å². The van der Waals surface area contributed by atoms with Crippen LogP contribution < -0.4 is 10.1 Å². The molecular weight excluding hydrogens is 414 g/mol. The standard InChI is InChI=1S/C27H25N3O3/c1-15(2)29-12-19-24(18-11-17-7-4-5-10-23(17)33-14-18)26-21(13-30(16(3)31)27(26)32)28-20-8-6-9-22(29)25(19)20/h4-12,15,24,28H,13-14H2,1-3H3/t24-/m1/s1. The van der Waals surface area contributed by atoms with Gasteiger partial charge in [-0.05, 0) is 49.3 Å². The highest BCUT2D eigenvalue weighted by Crippen LogP contribution is 2.48. The molecule has 3 aromatic rings. The van der Waals surface area contributed by atoms with Crippen molar-refractivity contribution in [3.05, 3.63) is 76.6 Å². The molecule has 0 radical (unpaired) electrons. The summed E-state index contributed by atoms with van der Waals surface area (Å²) in [4.78, 5) is 27.2. The molecule has 1 aromatic heterocycles. The van der Waals surface area contributed by atoms with E-state index in [1.54, 1.807) is 0 Å². The SMILES string of the molecule is CC(=O)N1CC2=C(C1=O)[C@H](C1=Cc3ccccc3OC1)c1cn(C(C)C)c3cccc(c13)N2. The van der Waals surface area contributed by atoms with Gasteiger partial charge in [-0.2, -0.15) is 0 Å². The predicted molar refractivity (Wildman–Crippen MR) is 128 cm³/mol. The van der Waals surface area contributed by atoms with Gasteiger partial charge >= 0.3 is 0 Å². The van der Waals surface area contributed by atoms with E-state index in [1.165, 1.54) is 11.8 Å². The minimum atomic E-state index is -0.302. The highest BCUT2D eigenvalue weighted by atomic mass is 16.5. The van der Waals surface area contributed by atoms with Gasteiger partial charge in [-0.25, -0.2) is 0 Å². The van der Waals surface area contributed by atoms with E-state index in [2.05, 4.69) is 42.1 Å². The number of ether oxygens (including phenoxy) is 1. The first-order valence-electron chi connectivity index (χ1n) is 11.3. The maximum atomic E-state index is 13.6. The van der Waals surface area contributed by atoms with E-state index in [9.17, 15) is 9.59 Å². The van der Waals surface area contributed by atoms with Crippen molar-refractivity contribution >= 4 is 34.5 Å². The molecule has 0 aliphatic carbocycles. The Morgan fingerprint density at radius 2 is 1.97 bits per heavy atom. The van der Waals surface area contributed by atoms with Gasteiger partial charge in [-0.1, -0.05) is 24.3 Å². The summed E-state index contributed by atoms with van der Waals surface area (Å²) >= 11 is 0. The van der Waals surface area contributed by atoms with Gasteiger partial charge in [0.25, 0.3) is 5.91 Å². The molecule has 0 unspecified atom stereocenters. The van der Waals surface area contributed by atoms with Crippen LogP contribution >= 0.6 is 0 Å². The van der Waals surface area contributed by atoms with Crippen LogP contribution in [0.15, 0.2) is 65.5 Å². The molecule has 3 aliphatic heterocycles. The van der Waals surface area contributed by atoms with Crippen LogP contribution in [0.3, 0.4) is 0 Å². The molecule has 0 saturated carbocycles. The first-order chi connectivity index (χ1) is 15.9. The zero-order valence-electron chi connectivity index (χ0n) is 18.9. The summed E-state index contributed by atoms with van der Waals surface area (Å²) in [5.74, 6) is 0.0681. The Kier molecular flexibility index (Phi) is 4.27. The van der Waals surface area contributed by atoms with E-state index in [0.29, 0.717) is 12.2 Å². The summed E-state index contributed by atoms with van der Waals surface area (Å²) in [7, 11) is 0. The fraction of sp³-hybridized carbons (Fsp3) is 0.259. The number of nitrogens with one attached hydrogen (secondary N) is 1. The maximum absolute atomic E-state index is 13.6. The lowest BCUT2D eigenvalue weighted by Gasteiger charge is -2.26. The quantitative estimate of drug-likeness (QED) is 0.620. The highest BCUT2D eigenvalue weighted by molar-refractivity contribution is 6.11. The third-order valence-electron chi connectivity index (χ3n) is 6.85. The van der Waals surface area contributed by atoms with Gasteiger partial charge in [0.1, 0.15) is 12.4 Å². The lowest BCUT2D eigenvalue weighted by molar-refractivity contribution is -0.139. The molecule has 1 atom stereocenters. The molecule has 6 rings (SSSR count). The number of hydrogen-bond donors (Lipinski definition) is 1. The molecule has 0 fully saturated rings. The molecule has 3 aliphatic rings. The zero-order chi connectivity index (χ0) is 22.9. The molecule has 166 valence electrons. The van der Waals surface area contributed by atoms with Crippen LogP contribution in [0.5, 0.6) is 5.75 Å². The topological polar surface area (TPSA) is 63.6 Å². The number of benzene rings is 2. The maximum Gasteiger partial charge on any atom is 0.259 e. The summed E-state index contributed by atoms with van der Waals surface area (Å²) in [6, 6.07) is 14.4. The zero-order valence-corrected chi connectivity index (χ0v) is 18.9. The predicted octanol–water partition coefficient (Wildman–Crippen LogP) is 4.85. The Bertz CT molecular complexity index is 1410. The molecule has 4 heterocycles. The average Bonchev–Trinajstić information content (AvgIpc) is 3.29. The van der Waals surface area contributed by atoms with Crippen molar-refractivity contribution in [2.45, 2.75) is 32.7 Å². The Morgan fingerprint density at radius 1 is 1.15 bits per heavy atom. The molecule has 2 aromatic carbocycles. The number of anilines is 1. The Labute approximate surface area is 192 Å². The van der Waals surface area contributed by atoms with Gasteiger partial charge in [-0.3, -0.25) is 14.5 Å². The highest BCUT2D eigenvalue weighted by Gasteiger charge is 2.42. The number of carbonyl (C=O) groups excluding carboxylic acids is 2. The van der Waals surface area contributed by atoms with Crippen LogP contribution in [0.4, 0.5) is 5.69 Å². The summed E-state index contributed by atoms with van der Waals surface area (Å²) in [5, 5.41) is 4.64. The van der Waals surface area contributed by atoms with Crippen molar-refractivity contribution in [3.8, 4) is 5.75 Å². The van der Waals surface area contributed by atoms with Crippen LogP contribution in [-0.4, -0.2) is 34.4 Å². The number of aromatic nitrogens is 1. The lowest BCUT2D eigenvalue weighted by Crippen LogP contribution is -2.33. The molecule has 2 amide bonds. The van der Waals surface area contributed by atoms with Gasteiger partial charge < -0.3 is 14.6 Å². The summed E-state index contributed by atoms with van der Waals surface area (Å²) < 4.78 is 8.37. The second-order valence-corrected chi connectivity index (χ2v) is 9.19. The molecular formula is C27H25N3O3. The molecule has 6 heteroatoms. The lowest BCUT2D eigenvalue weighted by atomic mass is 9.83. The third kappa shape index (κ3) is 2.86. The number of fused-ring (bicyclic) bond motifs is 1. The van der Waals surface area contributed by atoms with Crippen LogP contribution in [-0.2, 0) is 9.59 Å². The first kappa shape index (κ1) is 19.9. The number of nitrogens with zero attached hydrogens (tertiary/aromatic N) is 2. The van der Waals surface area contributed by atoms with Crippen LogP contribution in [0.25, 0.3) is 17.0 Å². The number of rotatable bonds is 2. The van der Waals surface area contributed by atoms with Gasteiger partial charge in [0.05, 0.1) is 17.6 Å². The summed E-state index contributed by atoms with van der Waals surface area (Å²) in [6.07, 6.45) is 4.32. The van der Waals surface area contributed by atoms with Crippen molar-refractivity contribution < 1.29 is 14.3 Å². The number of carbonyl (C=O) groups is 2. The monoisotopic (exact) mass is 439 g/mol. The van der Waals surface area contributed by atoms with E-state index in [-0.39, 0.29) is 30.3 Å². The van der Waals surface area contributed by atoms with Crippen LogP contribution in [0, 0.1) is 0 Å². The fourth-order valence-electron chi connectivity index (χ4n) is 5.34. The summed E-state index contributed by atoms with van der Waals surface area (Å²) in [5.41, 5.74) is 6.61. The normalized spacial score (nSPS) is 19.2. The van der Waals surface area contributed by atoms with Crippen molar-refractivity contribution in [1.29, 1.82) is 0 Å². The van der Waals surface area contributed by atoms with E-state index in [4.69, 9.17) is 4.74 Å². The van der Waals surface area contributed by atoms with Gasteiger partial charge in [-0.15, -0.1) is 0 Å². The Balaban J connectivity index is 1.63. The molecule has 0 bridgehead atoms. The number of amides is 2. The average molecular weight is 440 g/mol. The molecule has 0 spiro atoms. The van der Waals surface area contributed by atoms with Crippen LogP contribution in [0.1, 0.15) is 43.9 Å². The molecule has 1 N–H and O–H groups in total. The molecule has 6 nitrogen and oxygen atoms in total. The van der Waals surface area contributed by atoms with Crippen molar-refractivity contribution in [1.82, 2.24) is 9.47 Å². The first-order valence-corrected chi connectivity index (χ1v) is 11.3. The van der Waals surface area contributed by atoms with Crippen molar-refractivity contribution in [3.63, 3.8) is 0 Å². The van der Waals surface area contributed by atoms with Gasteiger partial charge in [0.15, 0.2) is 0 Å². The minimum absolute atomic E-state index is 0.229. The van der Waals surface area contributed by atoms with Crippen molar-refractivity contribution in [2.75, 3.05) is 18.5 Å². The number of imide groups is 1. The van der Waals surface area contributed by atoms with E-state index >= 15 is 0 Å². The second kappa shape index (κ2) is 7.10. The number of para-hydroxylation sites is 1. The third-order valence-corrected chi connectivity index (χ3v) is 6.85.